The molecule has 0 amide bonds. The van der Waals surface area contributed by atoms with Gasteiger partial charge in [0.25, 0.3) is 0 Å². The molecular weight excluding hydrogens is 382 g/mol. The highest BCUT2D eigenvalue weighted by molar-refractivity contribution is 5.46. The van der Waals surface area contributed by atoms with Gasteiger partial charge in [0.05, 0.1) is 24.8 Å². The summed E-state index contributed by atoms with van der Waals surface area (Å²) in [7, 11) is 0. The van der Waals surface area contributed by atoms with Gasteiger partial charge in [-0.15, -0.1) is 0 Å². The molecule has 0 aliphatic carbocycles. The van der Waals surface area contributed by atoms with Crippen molar-refractivity contribution < 1.29 is 19.7 Å². The van der Waals surface area contributed by atoms with Gasteiger partial charge in [0.2, 0.25) is 0 Å². The number of ether oxygens (including phenoxy) is 2. The lowest BCUT2D eigenvalue weighted by atomic mass is 9.94. The van der Waals surface area contributed by atoms with Crippen molar-refractivity contribution in [1.82, 2.24) is 10.2 Å². The number of hydrogen-bond donors (Lipinski definition) is 3. The van der Waals surface area contributed by atoms with Crippen LogP contribution in [0.1, 0.15) is 5.56 Å². The van der Waals surface area contributed by atoms with E-state index in [0.717, 1.165) is 31.7 Å². The van der Waals surface area contributed by atoms with Crippen molar-refractivity contribution in [2.45, 2.75) is 37.1 Å². The zero-order valence-electron chi connectivity index (χ0n) is 16.9. The van der Waals surface area contributed by atoms with Crippen LogP contribution >= 0.6 is 0 Å². The Morgan fingerprint density at radius 2 is 1.70 bits per heavy atom. The molecule has 5 rings (SSSR count). The molecule has 30 heavy (non-hydrogen) atoms. The second-order valence-corrected chi connectivity index (χ2v) is 8.25. The van der Waals surface area contributed by atoms with Crippen LogP contribution in [-0.2, 0) is 16.0 Å². The number of piperazine rings is 1. The minimum absolute atomic E-state index is 0.183. The van der Waals surface area contributed by atoms with E-state index in [9.17, 15) is 10.2 Å². The zero-order valence-corrected chi connectivity index (χ0v) is 16.9. The molecule has 3 saturated heterocycles. The van der Waals surface area contributed by atoms with E-state index < -0.39 is 12.4 Å². The molecule has 0 radical (unpaired) electrons. The smallest absolute Gasteiger partial charge is 0.176 e. The highest BCUT2D eigenvalue weighted by Gasteiger charge is 2.52. The number of hydrogen-bond acceptors (Lipinski definition) is 7. The fourth-order valence-electron chi connectivity index (χ4n) is 4.85. The topological polar surface area (TPSA) is 77.4 Å². The molecule has 0 aromatic heterocycles. The normalized spacial score (nSPS) is 31.8. The predicted octanol–water partition coefficient (Wildman–Crippen LogP) is 1.16. The number of aromatic hydroxyl groups is 1. The molecule has 3 fully saturated rings. The predicted molar refractivity (Wildman–Crippen MR) is 113 cm³/mol. The van der Waals surface area contributed by atoms with Crippen LogP contribution in [0.2, 0.25) is 0 Å². The van der Waals surface area contributed by atoms with Crippen molar-refractivity contribution >= 4 is 5.69 Å². The maximum Gasteiger partial charge on any atom is 0.176 e. The average Bonchev–Trinajstić information content (AvgIpc) is 3.21. The van der Waals surface area contributed by atoms with Gasteiger partial charge in [0.1, 0.15) is 11.9 Å². The first kappa shape index (κ1) is 19.8. The molecule has 2 bridgehead atoms. The van der Waals surface area contributed by atoms with Crippen LogP contribution < -0.4 is 10.2 Å². The quantitative estimate of drug-likeness (QED) is 0.682. The summed E-state index contributed by atoms with van der Waals surface area (Å²) in [5.41, 5.74) is 2.04. The Kier molecular flexibility index (Phi) is 5.62. The molecule has 0 spiro atoms. The Balaban J connectivity index is 1.25. The first-order chi connectivity index (χ1) is 14.7. The van der Waals surface area contributed by atoms with Crippen molar-refractivity contribution in [3.8, 4) is 5.75 Å². The number of anilines is 1. The summed E-state index contributed by atoms with van der Waals surface area (Å²) in [6.45, 7) is 4.43. The maximum atomic E-state index is 11.3. The average molecular weight is 412 g/mol. The van der Waals surface area contributed by atoms with Crippen molar-refractivity contribution in [2.75, 3.05) is 37.7 Å². The van der Waals surface area contributed by atoms with Crippen molar-refractivity contribution in [3.05, 3.63) is 60.2 Å². The van der Waals surface area contributed by atoms with E-state index >= 15 is 0 Å². The Labute approximate surface area is 176 Å². The van der Waals surface area contributed by atoms with Crippen molar-refractivity contribution in [3.63, 3.8) is 0 Å². The Bertz CT molecular complexity index is 843. The highest BCUT2D eigenvalue weighted by atomic mass is 16.7. The van der Waals surface area contributed by atoms with E-state index in [2.05, 4.69) is 39.4 Å². The first-order valence-corrected chi connectivity index (χ1v) is 10.7. The molecule has 7 nitrogen and oxygen atoms in total. The highest BCUT2D eigenvalue weighted by Crippen LogP contribution is 2.32. The van der Waals surface area contributed by atoms with E-state index in [0.29, 0.717) is 13.2 Å². The summed E-state index contributed by atoms with van der Waals surface area (Å²) in [6.07, 6.45) is -1.18. The van der Waals surface area contributed by atoms with Crippen LogP contribution in [0.15, 0.2) is 54.6 Å². The van der Waals surface area contributed by atoms with Crippen LogP contribution in [0.5, 0.6) is 5.75 Å². The van der Waals surface area contributed by atoms with E-state index in [1.165, 1.54) is 5.69 Å². The van der Waals surface area contributed by atoms with Gasteiger partial charge >= 0.3 is 0 Å². The number of nitrogens with zero attached hydrogens (tertiary/aromatic N) is 2. The summed E-state index contributed by atoms with van der Waals surface area (Å²) in [5, 5.41) is 24.7. The molecule has 5 atom stereocenters. The van der Waals surface area contributed by atoms with Gasteiger partial charge in [-0.25, -0.2) is 0 Å². The Morgan fingerprint density at radius 3 is 2.47 bits per heavy atom. The van der Waals surface area contributed by atoms with Crippen molar-refractivity contribution in [1.29, 1.82) is 0 Å². The largest absolute Gasteiger partial charge is 0.508 e. The molecule has 160 valence electrons. The number of aliphatic hydroxyl groups excluding tert-OH is 1. The molecule has 2 aromatic carbocycles. The molecule has 3 N–H and O–H groups in total. The molecule has 0 unspecified atom stereocenters. The third kappa shape index (κ3) is 3.79. The fourth-order valence-corrected chi connectivity index (χ4v) is 4.85. The van der Waals surface area contributed by atoms with E-state index in [-0.39, 0.29) is 23.9 Å². The number of fused-ring (bicyclic) bond motifs is 2. The van der Waals surface area contributed by atoms with Gasteiger partial charge in [-0.1, -0.05) is 36.4 Å². The van der Waals surface area contributed by atoms with Crippen LogP contribution in [0.25, 0.3) is 0 Å². The van der Waals surface area contributed by atoms with Crippen LogP contribution in [0, 0.1) is 0 Å². The summed E-state index contributed by atoms with van der Waals surface area (Å²) in [4.78, 5) is 4.67. The summed E-state index contributed by atoms with van der Waals surface area (Å²) >= 11 is 0. The summed E-state index contributed by atoms with van der Waals surface area (Å²) < 4.78 is 12.0. The van der Waals surface area contributed by atoms with E-state index in [1.807, 2.05) is 18.2 Å². The lowest BCUT2D eigenvalue weighted by Crippen LogP contribution is -2.66. The summed E-state index contributed by atoms with van der Waals surface area (Å²) in [5.74, 6) is 0.255. The summed E-state index contributed by atoms with van der Waals surface area (Å²) in [6, 6.07) is 17.2. The van der Waals surface area contributed by atoms with Gasteiger partial charge < -0.3 is 29.9 Å². The van der Waals surface area contributed by atoms with Gasteiger partial charge in [-0.2, -0.15) is 0 Å². The number of aliphatic hydroxyl groups is 1. The monoisotopic (exact) mass is 411 g/mol. The van der Waals surface area contributed by atoms with Gasteiger partial charge in [0.15, 0.2) is 6.29 Å². The van der Waals surface area contributed by atoms with E-state index in [4.69, 9.17) is 9.47 Å². The Morgan fingerprint density at radius 1 is 0.967 bits per heavy atom. The number of benzene rings is 2. The second kappa shape index (κ2) is 8.53. The van der Waals surface area contributed by atoms with E-state index in [1.54, 1.807) is 12.1 Å². The zero-order chi connectivity index (χ0) is 20.5. The molecule has 3 aliphatic rings. The van der Waals surface area contributed by atoms with Crippen LogP contribution in [-0.4, -0.2) is 78.5 Å². The number of nitrogens with one attached hydrogen (secondary N) is 1. The third-order valence-corrected chi connectivity index (χ3v) is 6.51. The molecule has 7 heteroatoms. The molecule has 3 heterocycles. The number of phenolic OH excluding ortho intramolecular Hbond substituents is 1. The minimum Gasteiger partial charge on any atom is -0.508 e. The second-order valence-electron chi connectivity index (χ2n) is 8.25. The maximum absolute atomic E-state index is 11.3. The SMILES string of the molecule is Oc1ccccc1CN[C@H]1[C@H](O)[C@@H](N2CCN(c3ccccc3)CC2)[C@@H]2OC[C@H]1O2. The third-order valence-electron chi connectivity index (χ3n) is 6.51. The number of para-hydroxylation sites is 2. The van der Waals surface area contributed by atoms with Crippen LogP contribution in [0.3, 0.4) is 0 Å². The number of rotatable bonds is 5. The van der Waals surface area contributed by atoms with Gasteiger partial charge in [-0.05, 0) is 18.2 Å². The Hall–Kier alpha value is -2.16. The lowest BCUT2D eigenvalue weighted by molar-refractivity contribution is -0.183. The van der Waals surface area contributed by atoms with Gasteiger partial charge in [0, 0.05) is 44.0 Å². The van der Waals surface area contributed by atoms with Crippen LogP contribution in [0.4, 0.5) is 5.69 Å². The molecule has 3 aliphatic heterocycles. The number of phenols is 1. The molecular formula is C23H29N3O4. The fraction of sp³-hybridized carbons (Fsp3) is 0.478. The molecule has 2 aromatic rings. The first-order valence-electron chi connectivity index (χ1n) is 10.7. The molecule has 0 saturated carbocycles. The lowest BCUT2D eigenvalue weighted by Gasteiger charge is -2.47. The standard InChI is InChI=1S/C23H29N3O4/c27-18-9-5-4-6-16(18)14-24-20-19-15-29-23(30-19)21(22(20)28)26-12-10-25(11-13-26)17-7-2-1-3-8-17/h1-9,19-24,27-28H,10-15H2/t19-,20-,21-,22+,23-/m1/s1. The minimum atomic E-state index is -0.606. The van der Waals surface area contributed by atoms with Crippen molar-refractivity contribution in [2.24, 2.45) is 0 Å². The van der Waals surface area contributed by atoms with Gasteiger partial charge in [-0.3, -0.25) is 4.90 Å².